The molecule has 0 saturated carbocycles. The topological polar surface area (TPSA) is 100 Å². The minimum Gasteiger partial charge on any atom is -0.461 e. The van der Waals surface area contributed by atoms with Crippen LogP contribution in [0.1, 0.15) is 5.76 Å². The standard InChI is InChI=1S/C13H17N3O4S/c1-9-7-10-8-11(3-4-12(10)20-9)16-13(17)14-5-6-15-21(2,18)19/h3-4,7-8,15H,5-6H2,1-2H3,(H2,14,16,17). The van der Waals surface area contributed by atoms with Crippen molar-refractivity contribution in [2.24, 2.45) is 0 Å². The fourth-order valence-corrected chi connectivity index (χ4v) is 2.31. The Morgan fingerprint density at radius 2 is 2.00 bits per heavy atom. The number of benzene rings is 1. The maximum atomic E-state index is 11.7. The highest BCUT2D eigenvalue weighted by Crippen LogP contribution is 2.22. The molecule has 0 radical (unpaired) electrons. The van der Waals surface area contributed by atoms with Crippen LogP contribution in [-0.2, 0) is 10.0 Å². The zero-order chi connectivity index (χ0) is 15.5. The van der Waals surface area contributed by atoms with Gasteiger partial charge in [-0.1, -0.05) is 0 Å². The zero-order valence-corrected chi connectivity index (χ0v) is 12.6. The number of rotatable bonds is 5. The third-order valence-corrected chi connectivity index (χ3v) is 3.40. The van der Waals surface area contributed by atoms with E-state index in [0.717, 1.165) is 23.0 Å². The normalized spacial score (nSPS) is 11.5. The molecular weight excluding hydrogens is 294 g/mol. The molecule has 0 saturated heterocycles. The largest absolute Gasteiger partial charge is 0.461 e. The molecule has 21 heavy (non-hydrogen) atoms. The number of furan rings is 1. The molecule has 0 aliphatic heterocycles. The molecule has 0 spiro atoms. The minimum absolute atomic E-state index is 0.145. The van der Waals surface area contributed by atoms with Gasteiger partial charge in [-0.25, -0.2) is 17.9 Å². The second-order valence-electron chi connectivity index (χ2n) is 4.66. The van der Waals surface area contributed by atoms with Crippen molar-refractivity contribution in [1.29, 1.82) is 0 Å². The Bertz CT molecular complexity index is 752. The van der Waals surface area contributed by atoms with Gasteiger partial charge in [0.1, 0.15) is 11.3 Å². The van der Waals surface area contributed by atoms with Crippen molar-refractivity contribution in [3.8, 4) is 0 Å². The smallest absolute Gasteiger partial charge is 0.319 e. The fourth-order valence-electron chi connectivity index (χ4n) is 1.84. The molecular formula is C13H17N3O4S. The summed E-state index contributed by atoms with van der Waals surface area (Å²) >= 11 is 0. The maximum Gasteiger partial charge on any atom is 0.319 e. The van der Waals surface area contributed by atoms with Gasteiger partial charge in [-0.3, -0.25) is 0 Å². The van der Waals surface area contributed by atoms with Crippen LogP contribution in [0.4, 0.5) is 10.5 Å². The van der Waals surface area contributed by atoms with Crippen LogP contribution in [0.15, 0.2) is 28.7 Å². The number of carbonyl (C=O) groups excluding carboxylic acids is 1. The first-order valence-electron chi connectivity index (χ1n) is 6.33. The van der Waals surface area contributed by atoms with Gasteiger partial charge in [0.05, 0.1) is 6.26 Å². The van der Waals surface area contributed by atoms with Crippen LogP contribution in [-0.4, -0.2) is 33.8 Å². The van der Waals surface area contributed by atoms with E-state index < -0.39 is 16.1 Å². The van der Waals surface area contributed by atoms with Crippen LogP contribution in [0.3, 0.4) is 0 Å². The molecule has 0 fully saturated rings. The fraction of sp³-hybridized carbons (Fsp3) is 0.308. The average Bonchev–Trinajstić information content (AvgIpc) is 2.73. The number of sulfonamides is 1. The van der Waals surface area contributed by atoms with Gasteiger partial charge in [0.15, 0.2) is 0 Å². The average molecular weight is 311 g/mol. The number of urea groups is 1. The molecule has 1 aromatic heterocycles. The summed E-state index contributed by atoms with van der Waals surface area (Å²) < 4.78 is 29.4. The molecule has 2 rings (SSSR count). The number of anilines is 1. The molecule has 0 atom stereocenters. The van der Waals surface area contributed by atoms with Crippen molar-refractivity contribution < 1.29 is 17.6 Å². The Hall–Kier alpha value is -2.06. The second-order valence-corrected chi connectivity index (χ2v) is 6.49. The van der Waals surface area contributed by atoms with E-state index >= 15 is 0 Å². The van der Waals surface area contributed by atoms with Crippen LogP contribution < -0.4 is 15.4 Å². The molecule has 0 unspecified atom stereocenters. The first-order chi connectivity index (χ1) is 9.83. The zero-order valence-electron chi connectivity index (χ0n) is 11.8. The van der Waals surface area contributed by atoms with E-state index in [0.29, 0.717) is 5.69 Å². The van der Waals surface area contributed by atoms with E-state index in [1.54, 1.807) is 18.2 Å². The number of aryl methyl sites for hydroxylation is 1. The summed E-state index contributed by atoms with van der Waals surface area (Å²) in [6.45, 7) is 2.20. The van der Waals surface area contributed by atoms with Gasteiger partial charge in [-0.2, -0.15) is 0 Å². The van der Waals surface area contributed by atoms with E-state index in [1.165, 1.54) is 0 Å². The van der Waals surface area contributed by atoms with Crippen molar-refractivity contribution in [2.75, 3.05) is 24.7 Å². The molecule has 1 heterocycles. The Balaban J connectivity index is 1.86. The lowest BCUT2D eigenvalue weighted by Gasteiger charge is -2.07. The van der Waals surface area contributed by atoms with Crippen molar-refractivity contribution in [1.82, 2.24) is 10.0 Å². The lowest BCUT2D eigenvalue weighted by Crippen LogP contribution is -2.36. The van der Waals surface area contributed by atoms with Gasteiger partial charge in [0, 0.05) is 24.2 Å². The molecule has 2 aromatic rings. The minimum atomic E-state index is -3.24. The lowest BCUT2D eigenvalue weighted by atomic mass is 10.2. The van der Waals surface area contributed by atoms with Crippen LogP contribution >= 0.6 is 0 Å². The summed E-state index contributed by atoms with van der Waals surface area (Å²) in [6.07, 6.45) is 1.06. The molecule has 1 aromatic carbocycles. The van der Waals surface area contributed by atoms with Gasteiger partial charge in [-0.05, 0) is 31.2 Å². The van der Waals surface area contributed by atoms with Gasteiger partial charge in [0.25, 0.3) is 0 Å². The van der Waals surface area contributed by atoms with Crippen molar-refractivity contribution >= 4 is 32.7 Å². The third-order valence-electron chi connectivity index (χ3n) is 2.67. The first kappa shape index (κ1) is 15.3. The van der Waals surface area contributed by atoms with Crippen LogP contribution in [0.2, 0.25) is 0 Å². The maximum absolute atomic E-state index is 11.7. The summed E-state index contributed by atoms with van der Waals surface area (Å²) in [6, 6.07) is 6.81. The quantitative estimate of drug-likeness (QED) is 0.727. The summed E-state index contributed by atoms with van der Waals surface area (Å²) in [5.74, 6) is 0.804. The van der Waals surface area contributed by atoms with E-state index in [4.69, 9.17) is 4.42 Å². The highest BCUT2D eigenvalue weighted by molar-refractivity contribution is 7.88. The van der Waals surface area contributed by atoms with E-state index in [-0.39, 0.29) is 13.1 Å². The number of amides is 2. The Labute approximate surface area is 122 Å². The Morgan fingerprint density at radius 3 is 2.71 bits per heavy atom. The molecule has 2 amide bonds. The Morgan fingerprint density at radius 1 is 1.24 bits per heavy atom. The highest BCUT2D eigenvalue weighted by Gasteiger charge is 2.05. The van der Waals surface area contributed by atoms with Gasteiger partial charge in [-0.15, -0.1) is 0 Å². The molecule has 0 aliphatic carbocycles. The molecule has 3 N–H and O–H groups in total. The summed E-state index contributed by atoms with van der Waals surface area (Å²) in [7, 11) is -3.24. The molecule has 7 nitrogen and oxygen atoms in total. The van der Waals surface area contributed by atoms with Crippen LogP contribution in [0.5, 0.6) is 0 Å². The molecule has 0 aliphatic rings. The van der Waals surface area contributed by atoms with Gasteiger partial charge in [0.2, 0.25) is 10.0 Å². The van der Waals surface area contributed by atoms with Gasteiger partial charge >= 0.3 is 6.03 Å². The highest BCUT2D eigenvalue weighted by atomic mass is 32.2. The number of carbonyl (C=O) groups is 1. The molecule has 114 valence electrons. The number of fused-ring (bicyclic) bond motifs is 1. The summed E-state index contributed by atoms with van der Waals surface area (Å²) in [5, 5.41) is 6.14. The predicted octanol–water partition coefficient (Wildman–Crippen LogP) is 1.41. The van der Waals surface area contributed by atoms with Crippen molar-refractivity contribution in [3.63, 3.8) is 0 Å². The van der Waals surface area contributed by atoms with Crippen LogP contribution in [0.25, 0.3) is 11.0 Å². The lowest BCUT2D eigenvalue weighted by molar-refractivity contribution is 0.252. The molecule has 8 heteroatoms. The van der Waals surface area contributed by atoms with Crippen molar-refractivity contribution in [2.45, 2.75) is 6.92 Å². The second kappa shape index (κ2) is 6.15. The number of nitrogens with one attached hydrogen (secondary N) is 3. The van der Waals surface area contributed by atoms with Crippen LogP contribution in [0, 0.1) is 6.92 Å². The molecule has 0 bridgehead atoms. The van der Waals surface area contributed by atoms with Crippen molar-refractivity contribution in [3.05, 3.63) is 30.0 Å². The third kappa shape index (κ3) is 4.76. The SMILES string of the molecule is Cc1cc2cc(NC(=O)NCCNS(C)(=O)=O)ccc2o1. The van der Waals surface area contributed by atoms with Gasteiger partial charge < -0.3 is 15.1 Å². The monoisotopic (exact) mass is 311 g/mol. The summed E-state index contributed by atoms with van der Waals surface area (Å²) in [5.41, 5.74) is 1.40. The van der Waals surface area contributed by atoms with E-state index in [2.05, 4.69) is 15.4 Å². The first-order valence-corrected chi connectivity index (χ1v) is 8.22. The number of hydrogen-bond donors (Lipinski definition) is 3. The van der Waals surface area contributed by atoms with E-state index in [1.807, 2.05) is 13.0 Å². The Kier molecular flexibility index (Phi) is 4.49. The predicted molar refractivity (Wildman–Crippen MR) is 80.8 cm³/mol. The number of hydrogen-bond acceptors (Lipinski definition) is 4. The summed E-state index contributed by atoms with van der Waals surface area (Å²) in [4.78, 5) is 11.7. The van der Waals surface area contributed by atoms with E-state index in [9.17, 15) is 13.2 Å².